The van der Waals surface area contributed by atoms with E-state index < -0.39 is 0 Å². The summed E-state index contributed by atoms with van der Waals surface area (Å²) in [7, 11) is 1.59. The Morgan fingerprint density at radius 2 is 1.90 bits per heavy atom. The van der Waals surface area contributed by atoms with Gasteiger partial charge >= 0.3 is 0 Å². The predicted octanol–water partition coefficient (Wildman–Crippen LogP) is 4.89. The summed E-state index contributed by atoms with van der Waals surface area (Å²) < 4.78 is 11.8. The number of hydrogen-bond acceptors (Lipinski definition) is 3. The summed E-state index contributed by atoms with van der Waals surface area (Å²) in [6.07, 6.45) is 0. The lowest BCUT2D eigenvalue weighted by atomic mass is 10.1. The summed E-state index contributed by atoms with van der Waals surface area (Å²) in [4.78, 5) is 11.5. The molecule has 5 heteroatoms. The smallest absolute Gasteiger partial charge is 0.159 e. The van der Waals surface area contributed by atoms with Crippen LogP contribution in [0.5, 0.6) is 11.5 Å². The number of methoxy groups -OCH3 is 1. The normalized spacial score (nSPS) is 10.3. The van der Waals surface area contributed by atoms with Crippen molar-refractivity contribution >= 4 is 33.3 Å². The first-order chi connectivity index (χ1) is 10.0. The van der Waals surface area contributed by atoms with Crippen LogP contribution in [0.15, 0.2) is 40.9 Å². The fourth-order valence-corrected chi connectivity index (χ4v) is 2.66. The second-order valence-corrected chi connectivity index (χ2v) is 5.74. The number of carbonyl (C=O) groups is 1. The van der Waals surface area contributed by atoms with Crippen molar-refractivity contribution in [2.24, 2.45) is 0 Å². The molecular weight excluding hydrogens is 356 g/mol. The SMILES string of the molecule is COc1ccc(C(C)=O)cc1COc1ccc(Cl)cc1Br. The van der Waals surface area contributed by atoms with Gasteiger partial charge in [0.2, 0.25) is 0 Å². The molecule has 0 bridgehead atoms. The van der Waals surface area contributed by atoms with E-state index in [1.165, 1.54) is 6.92 Å². The van der Waals surface area contributed by atoms with Crippen molar-refractivity contribution in [2.45, 2.75) is 13.5 Å². The summed E-state index contributed by atoms with van der Waals surface area (Å²) in [5.41, 5.74) is 1.44. The van der Waals surface area contributed by atoms with Crippen molar-refractivity contribution in [1.29, 1.82) is 0 Å². The number of ketones is 1. The van der Waals surface area contributed by atoms with E-state index in [0.29, 0.717) is 28.7 Å². The van der Waals surface area contributed by atoms with Gasteiger partial charge in [-0.15, -0.1) is 0 Å². The molecule has 0 saturated heterocycles. The molecule has 0 unspecified atom stereocenters. The van der Waals surface area contributed by atoms with E-state index in [9.17, 15) is 4.79 Å². The van der Waals surface area contributed by atoms with Gasteiger partial charge in [-0.1, -0.05) is 11.6 Å². The second-order valence-electron chi connectivity index (χ2n) is 4.45. The zero-order valence-corrected chi connectivity index (χ0v) is 14.0. The van der Waals surface area contributed by atoms with Crippen molar-refractivity contribution < 1.29 is 14.3 Å². The molecule has 2 aromatic carbocycles. The number of hydrogen-bond donors (Lipinski definition) is 0. The third kappa shape index (κ3) is 3.99. The van der Waals surface area contributed by atoms with E-state index in [1.807, 2.05) is 0 Å². The molecule has 0 aliphatic carbocycles. The lowest BCUT2D eigenvalue weighted by Gasteiger charge is -2.12. The van der Waals surface area contributed by atoms with Crippen molar-refractivity contribution in [3.05, 3.63) is 57.0 Å². The Hall–Kier alpha value is -1.52. The Balaban J connectivity index is 2.22. The number of halogens is 2. The predicted molar refractivity (Wildman–Crippen MR) is 86.5 cm³/mol. The van der Waals surface area contributed by atoms with Gasteiger partial charge in [0.1, 0.15) is 18.1 Å². The van der Waals surface area contributed by atoms with Crippen LogP contribution < -0.4 is 9.47 Å². The van der Waals surface area contributed by atoms with E-state index in [2.05, 4.69) is 15.9 Å². The summed E-state index contributed by atoms with van der Waals surface area (Å²) >= 11 is 9.29. The van der Waals surface area contributed by atoms with Gasteiger partial charge in [0.05, 0.1) is 11.6 Å². The van der Waals surface area contributed by atoms with Crippen LogP contribution in [0.4, 0.5) is 0 Å². The molecular formula is C16H14BrClO3. The van der Waals surface area contributed by atoms with Gasteiger partial charge in [-0.3, -0.25) is 4.79 Å². The van der Waals surface area contributed by atoms with Crippen molar-refractivity contribution in [3.63, 3.8) is 0 Å². The first kappa shape index (κ1) is 15.9. The van der Waals surface area contributed by atoms with Crippen LogP contribution in [0.3, 0.4) is 0 Å². The topological polar surface area (TPSA) is 35.5 Å². The largest absolute Gasteiger partial charge is 0.496 e. The van der Waals surface area contributed by atoms with Gasteiger partial charge in [-0.25, -0.2) is 0 Å². The molecule has 0 radical (unpaired) electrons. The minimum atomic E-state index is 0.00609. The Morgan fingerprint density at radius 3 is 2.52 bits per heavy atom. The first-order valence-corrected chi connectivity index (χ1v) is 7.44. The van der Waals surface area contributed by atoms with E-state index in [4.69, 9.17) is 21.1 Å². The summed E-state index contributed by atoms with van der Waals surface area (Å²) in [6, 6.07) is 10.6. The van der Waals surface area contributed by atoms with Gasteiger partial charge in [-0.05, 0) is 59.3 Å². The number of benzene rings is 2. The molecule has 0 aliphatic rings. The quantitative estimate of drug-likeness (QED) is 0.704. The highest BCUT2D eigenvalue weighted by molar-refractivity contribution is 9.10. The molecule has 0 fully saturated rings. The molecule has 0 spiro atoms. The summed E-state index contributed by atoms with van der Waals surface area (Å²) in [6.45, 7) is 1.83. The van der Waals surface area contributed by atoms with Crippen LogP contribution in [0.1, 0.15) is 22.8 Å². The number of Topliss-reactive ketones (excluding diaryl/α,β-unsaturated/α-hetero) is 1. The highest BCUT2D eigenvalue weighted by Gasteiger charge is 2.09. The average molecular weight is 370 g/mol. The summed E-state index contributed by atoms with van der Waals surface area (Å²) in [5, 5.41) is 0.630. The molecule has 0 saturated carbocycles. The Morgan fingerprint density at radius 1 is 1.19 bits per heavy atom. The fraction of sp³-hybridized carbons (Fsp3) is 0.188. The molecule has 2 rings (SSSR count). The molecule has 0 amide bonds. The average Bonchev–Trinajstić information content (AvgIpc) is 2.46. The molecule has 0 aromatic heterocycles. The van der Waals surface area contributed by atoms with E-state index in [1.54, 1.807) is 43.5 Å². The molecule has 0 heterocycles. The minimum absolute atomic E-state index is 0.00609. The standard InChI is InChI=1S/C16H14BrClO3/c1-10(19)11-3-5-15(20-2)12(7-11)9-21-16-6-4-13(18)8-14(16)17/h3-8H,9H2,1-2H3. The molecule has 21 heavy (non-hydrogen) atoms. The maximum Gasteiger partial charge on any atom is 0.159 e. The van der Waals surface area contributed by atoms with Gasteiger partial charge in [-0.2, -0.15) is 0 Å². The van der Waals surface area contributed by atoms with Crippen molar-refractivity contribution in [2.75, 3.05) is 7.11 Å². The summed E-state index contributed by atoms with van der Waals surface area (Å²) in [5.74, 6) is 1.37. The zero-order chi connectivity index (χ0) is 15.4. The second kappa shape index (κ2) is 6.96. The number of ether oxygens (including phenoxy) is 2. The zero-order valence-electron chi connectivity index (χ0n) is 11.7. The Labute approximate surface area is 137 Å². The molecule has 2 aromatic rings. The van der Waals surface area contributed by atoms with Gasteiger partial charge < -0.3 is 9.47 Å². The Kier molecular flexibility index (Phi) is 5.26. The molecule has 0 N–H and O–H groups in total. The Bertz CT molecular complexity index is 671. The third-order valence-corrected chi connectivity index (χ3v) is 3.82. The molecule has 110 valence electrons. The van der Waals surface area contributed by atoms with Crippen LogP contribution in [0.2, 0.25) is 5.02 Å². The van der Waals surface area contributed by atoms with Crippen molar-refractivity contribution in [3.8, 4) is 11.5 Å². The maximum absolute atomic E-state index is 11.5. The van der Waals surface area contributed by atoms with Crippen LogP contribution in [-0.2, 0) is 6.61 Å². The molecule has 0 aliphatic heterocycles. The lowest BCUT2D eigenvalue weighted by Crippen LogP contribution is -2.02. The van der Waals surface area contributed by atoms with E-state index >= 15 is 0 Å². The van der Waals surface area contributed by atoms with Crippen LogP contribution >= 0.6 is 27.5 Å². The van der Waals surface area contributed by atoms with Gasteiger partial charge in [0.15, 0.2) is 5.78 Å². The van der Waals surface area contributed by atoms with Gasteiger partial charge in [0.25, 0.3) is 0 Å². The fourth-order valence-electron chi connectivity index (χ4n) is 1.86. The van der Waals surface area contributed by atoms with Crippen LogP contribution in [0, 0.1) is 0 Å². The number of carbonyl (C=O) groups excluding carboxylic acids is 1. The maximum atomic E-state index is 11.5. The molecule has 3 nitrogen and oxygen atoms in total. The highest BCUT2D eigenvalue weighted by Crippen LogP contribution is 2.30. The van der Waals surface area contributed by atoms with E-state index in [-0.39, 0.29) is 5.78 Å². The first-order valence-electron chi connectivity index (χ1n) is 6.27. The third-order valence-electron chi connectivity index (χ3n) is 2.96. The van der Waals surface area contributed by atoms with Crippen LogP contribution in [0.25, 0.3) is 0 Å². The van der Waals surface area contributed by atoms with Gasteiger partial charge in [0, 0.05) is 16.1 Å². The van der Waals surface area contributed by atoms with E-state index in [0.717, 1.165) is 10.0 Å². The number of rotatable bonds is 5. The highest BCUT2D eigenvalue weighted by atomic mass is 79.9. The monoisotopic (exact) mass is 368 g/mol. The van der Waals surface area contributed by atoms with Crippen molar-refractivity contribution in [1.82, 2.24) is 0 Å². The van der Waals surface area contributed by atoms with Crippen LogP contribution in [-0.4, -0.2) is 12.9 Å². The minimum Gasteiger partial charge on any atom is -0.496 e. The lowest BCUT2D eigenvalue weighted by molar-refractivity contribution is 0.101. The molecule has 0 atom stereocenters.